The van der Waals surface area contributed by atoms with Crippen LogP contribution in [-0.2, 0) is 29.7 Å². The maximum absolute atomic E-state index is 12.9. The largest absolute Gasteiger partial charge is 0.348 e. The molecule has 34 heavy (non-hydrogen) atoms. The normalized spacial score (nSPS) is 14.3. The highest BCUT2D eigenvalue weighted by molar-refractivity contribution is 7.89. The van der Waals surface area contributed by atoms with Gasteiger partial charge in [0.1, 0.15) is 0 Å². The number of hydrogen-bond acceptors (Lipinski definition) is 4. The quantitative estimate of drug-likeness (QED) is 0.488. The molecular weight excluding hydrogens is 446 g/mol. The zero-order valence-electron chi connectivity index (χ0n) is 19.5. The molecule has 0 radical (unpaired) electrons. The summed E-state index contributed by atoms with van der Waals surface area (Å²) in [4.78, 5) is 15.3. The van der Waals surface area contributed by atoms with Crippen molar-refractivity contribution in [2.45, 2.75) is 44.3 Å². The molecule has 0 aliphatic carbocycles. The van der Waals surface area contributed by atoms with E-state index in [0.717, 1.165) is 30.8 Å². The lowest BCUT2D eigenvalue weighted by atomic mass is 10.1. The van der Waals surface area contributed by atoms with Crippen LogP contribution in [0.15, 0.2) is 77.7 Å². The van der Waals surface area contributed by atoms with Crippen molar-refractivity contribution in [2.24, 2.45) is 0 Å². The molecule has 2 N–H and O–H groups in total. The van der Waals surface area contributed by atoms with Crippen molar-refractivity contribution in [3.05, 3.63) is 101 Å². The second kappa shape index (κ2) is 11.0. The lowest BCUT2D eigenvalue weighted by Crippen LogP contribution is -2.26. The van der Waals surface area contributed by atoms with E-state index < -0.39 is 10.0 Å². The van der Waals surface area contributed by atoms with Gasteiger partial charge in [0, 0.05) is 25.2 Å². The van der Waals surface area contributed by atoms with Gasteiger partial charge in [-0.1, -0.05) is 60.7 Å². The average molecular weight is 478 g/mol. The fourth-order valence-electron chi connectivity index (χ4n) is 4.13. The molecule has 0 atom stereocenters. The number of nitrogens with zero attached hydrogens (tertiary/aromatic N) is 1. The molecule has 0 bridgehead atoms. The second-order valence-electron chi connectivity index (χ2n) is 8.77. The average Bonchev–Trinajstić information content (AvgIpc) is 3.36. The van der Waals surface area contributed by atoms with Crippen LogP contribution in [0.2, 0.25) is 0 Å². The minimum absolute atomic E-state index is 0.113. The second-order valence-corrected chi connectivity index (χ2v) is 10.5. The Bertz CT molecular complexity index is 1220. The molecule has 1 heterocycles. The number of carbonyl (C=O) groups excluding carboxylic acids is 1. The molecule has 1 aliphatic rings. The summed E-state index contributed by atoms with van der Waals surface area (Å²) in [5.41, 5.74) is 4.04. The van der Waals surface area contributed by atoms with Crippen LogP contribution in [0.25, 0.3) is 0 Å². The van der Waals surface area contributed by atoms with E-state index in [1.165, 1.54) is 24.5 Å². The van der Waals surface area contributed by atoms with Crippen LogP contribution in [0, 0.1) is 6.92 Å². The predicted molar refractivity (Wildman–Crippen MR) is 134 cm³/mol. The number of benzene rings is 3. The first-order valence-electron chi connectivity index (χ1n) is 11.6. The van der Waals surface area contributed by atoms with Gasteiger partial charge < -0.3 is 5.32 Å². The number of rotatable bonds is 9. The fourth-order valence-corrected chi connectivity index (χ4v) is 5.41. The molecule has 6 nitrogen and oxygen atoms in total. The Morgan fingerprint density at radius 2 is 1.50 bits per heavy atom. The van der Waals surface area contributed by atoms with Gasteiger partial charge in [-0.3, -0.25) is 9.69 Å². The highest BCUT2D eigenvalue weighted by Gasteiger charge is 2.19. The molecule has 1 saturated heterocycles. The Morgan fingerprint density at radius 1 is 0.853 bits per heavy atom. The topological polar surface area (TPSA) is 78.5 Å². The Kier molecular flexibility index (Phi) is 7.77. The van der Waals surface area contributed by atoms with Crippen molar-refractivity contribution in [3.63, 3.8) is 0 Å². The third-order valence-corrected chi connectivity index (χ3v) is 7.67. The van der Waals surface area contributed by atoms with E-state index in [0.29, 0.717) is 17.7 Å². The summed E-state index contributed by atoms with van der Waals surface area (Å²) in [5.74, 6) is -0.305. The maximum atomic E-state index is 12.9. The van der Waals surface area contributed by atoms with Gasteiger partial charge in [0.25, 0.3) is 5.91 Å². The molecule has 1 fully saturated rings. The molecule has 0 unspecified atom stereocenters. The van der Waals surface area contributed by atoms with Crippen LogP contribution in [0.3, 0.4) is 0 Å². The van der Waals surface area contributed by atoms with Crippen molar-refractivity contribution < 1.29 is 13.2 Å². The summed E-state index contributed by atoms with van der Waals surface area (Å²) in [6, 6.07) is 22.4. The minimum atomic E-state index is -3.76. The molecule has 178 valence electrons. The first-order valence-corrected chi connectivity index (χ1v) is 13.1. The summed E-state index contributed by atoms with van der Waals surface area (Å²) < 4.78 is 28.4. The highest BCUT2D eigenvalue weighted by atomic mass is 32.2. The van der Waals surface area contributed by atoms with E-state index in [-0.39, 0.29) is 17.3 Å². The third kappa shape index (κ3) is 6.32. The number of aryl methyl sites for hydroxylation is 1. The van der Waals surface area contributed by atoms with E-state index in [2.05, 4.69) is 27.1 Å². The molecule has 0 saturated carbocycles. The number of nitrogens with one attached hydrogen (secondary N) is 2. The third-order valence-electron chi connectivity index (χ3n) is 6.13. The summed E-state index contributed by atoms with van der Waals surface area (Å²) in [5, 5.41) is 2.90. The molecular formula is C27H31N3O3S. The Labute approximate surface area is 202 Å². The van der Waals surface area contributed by atoms with Gasteiger partial charge >= 0.3 is 0 Å². The van der Waals surface area contributed by atoms with Crippen LogP contribution in [0.4, 0.5) is 0 Å². The Balaban J connectivity index is 1.37. The first-order chi connectivity index (χ1) is 16.4. The molecule has 1 amide bonds. The van der Waals surface area contributed by atoms with E-state index in [9.17, 15) is 13.2 Å². The van der Waals surface area contributed by atoms with E-state index in [1.807, 2.05) is 42.5 Å². The monoisotopic (exact) mass is 477 g/mol. The lowest BCUT2D eigenvalue weighted by Gasteiger charge is -2.15. The molecule has 0 spiro atoms. The van der Waals surface area contributed by atoms with Crippen LogP contribution >= 0.6 is 0 Å². The van der Waals surface area contributed by atoms with Gasteiger partial charge in [0.15, 0.2) is 0 Å². The van der Waals surface area contributed by atoms with Gasteiger partial charge in [-0.15, -0.1) is 0 Å². The van der Waals surface area contributed by atoms with Crippen molar-refractivity contribution in [1.29, 1.82) is 0 Å². The molecule has 3 aromatic carbocycles. The molecule has 0 aromatic heterocycles. The van der Waals surface area contributed by atoms with Crippen LogP contribution in [0.5, 0.6) is 0 Å². The Hall–Kier alpha value is -3.00. The van der Waals surface area contributed by atoms with E-state index in [1.54, 1.807) is 19.1 Å². The molecule has 3 aromatic rings. The summed E-state index contributed by atoms with van der Waals surface area (Å²) in [7, 11) is -3.76. The first kappa shape index (κ1) is 24.1. The van der Waals surface area contributed by atoms with Crippen LogP contribution < -0.4 is 10.0 Å². The van der Waals surface area contributed by atoms with Crippen molar-refractivity contribution in [3.8, 4) is 0 Å². The zero-order chi connectivity index (χ0) is 24.0. The number of hydrogen-bond donors (Lipinski definition) is 2. The predicted octanol–water partition coefficient (Wildman–Crippen LogP) is 4.00. The Morgan fingerprint density at radius 3 is 2.21 bits per heavy atom. The summed E-state index contributed by atoms with van der Waals surface area (Å²) in [6.07, 6.45) is 2.55. The molecule has 1 aliphatic heterocycles. The summed E-state index contributed by atoms with van der Waals surface area (Å²) in [6.45, 7) is 5.58. The number of carbonyl (C=O) groups is 1. The fraction of sp³-hybridized carbons (Fsp3) is 0.296. The van der Waals surface area contributed by atoms with Crippen LogP contribution in [-0.4, -0.2) is 32.3 Å². The highest BCUT2D eigenvalue weighted by Crippen LogP contribution is 2.18. The summed E-state index contributed by atoms with van der Waals surface area (Å²) >= 11 is 0. The van der Waals surface area contributed by atoms with Gasteiger partial charge in [-0.05, 0) is 67.2 Å². The SMILES string of the molecule is Cc1ccc(C(=O)NCc2ccc(CN3CCCC3)cc2)cc1S(=O)(=O)NCc1ccccc1. The van der Waals surface area contributed by atoms with Gasteiger partial charge in [0.2, 0.25) is 10.0 Å². The lowest BCUT2D eigenvalue weighted by molar-refractivity contribution is 0.0950. The number of amides is 1. The maximum Gasteiger partial charge on any atom is 0.251 e. The van der Waals surface area contributed by atoms with Crippen LogP contribution in [0.1, 0.15) is 45.5 Å². The van der Waals surface area contributed by atoms with E-state index >= 15 is 0 Å². The van der Waals surface area contributed by atoms with Gasteiger partial charge in [-0.2, -0.15) is 0 Å². The standard InChI is InChI=1S/C27H31N3O3S/c1-21-9-14-25(17-26(21)34(32,33)29-19-22-7-3-2-4-8-22)27(31)28-18-23-10-12-24(13-11-23)20-30-15-5-6-16-30/h2-4,7-14,17,29H,5-6,15-16,18-20H2,1H3,(H,28,31). The molecule has 7 heteroatoms. The van der Waals surface area contributed by atoms with Gasteiger partial charge in [0.05, 0.1) is 4.90 Å². The van der Waals surface area contributed by atoms with Crippen molar-refractivity contribution in [1.82, 2.24) is 14.9 Å². The zero-order valence-corrected chi connectivity index (χ0v) is 20.3. The van der Waals surface area contributed by atoms with Gasteiger partial charge in [-0.25, -0.2) is 13.1 Å². The van der Waals surface area contributed by atoms with E-state index in [4.69, 9.17) is 0 Å². The minimum Gasteiger partial charge on any atom is -0.348 e. The van der Waals surface area contributed by atoms with Crippen molar-refractivity contribution in [2.75, 3.05) is 13.1 Å². The number of likely N-dealkylation sites (tertiary alicyclic amines) is 1. The molecule has 4 rings (SSSR count). The number of sulfonamides is 1. The smallest absolute Gasteiger partial charge is 0.251 e. The van der Waals surface area contributed by atoms with Crippen molar-refractivity contribution >= 4 is 15.9 Å².